The van der Waals surface area contributed by atoms with Gasteiger partial charge in [-0.2, -0.15) is 0 Å². The summed E-state index contributed by atoms with van der Waals surface area (Å²) < 4.78 is 5.39. The third-order valence-corrected chi connectivity index (χ3v) is 5.33. The minimum Gasteiger partial charge on any atom is -0.648 e. The zero-order chi connectivity index (χ0) is 21.1. The van der Waals surface area contributed by atoms with Gasteiger partial charge in [0.25, 0.3) is 0 Å². The van der Waals surface area contributed by atoms with Crippen LogP contribution in [0, 0.1) is 11.8 Å². The largest absolute Gasteiger partial charge is 1.00 e. The van der Waals surface area contributed by atoms with Crippen molar-refractivity contribution in [2.24, 2.45) is 11.8 Å². The van der Waals surface area contributed by atoms with Gasteiger partial charge >= 0.3 is 58.2 Å². The van der Waals surface area contributed by atoms with Gasteiger partial charge in [-0.05, 0) is 30.7 Å². The first-order valence-corrected chi connectivity index (χ1v) is 10.9. The minimum atomic E-state index is -0.415. The number of rotatable bonds is 12. The summed E-state index contributed by atoms with van der Waals surface area (Å²) in [6, 6.07) is 7.53. The summed E-state index contributed by atoms with van der Waals surface area (Å²) in [5, 5.41) is 4.04. The Kier molecular flexibility index (Phi) is 14.4. The predicted molar refractivity (Wildman–Crippen MR) is 114 cm³/mol. The van der Waals surface area contributed by atoms with Crippen molar-refractivity contribution < 1.29 is 77.3 Å². The van der Waals surface area contributed by atoms with Crippen LogP contribution < -0.4 is 58.2 Å². The maximum Gasteiger partial charge on any atom is 1.00 e. The van der Waals surface area contributed by atoms with E-state index in [0.29, 0.717) is 31.9 Å². The first kappa shape index (κ1) is 27.8. The fourth-order valence-corrected chi connectivity index (χ4v) is 3.55. The number of unbranched alkanes of at least 4 members (excludes halogenated alkanes) is 1. The van der Waals surface area contributed by atoms with Crippen LogP contribution in [0.4, 0.5) is 0 Å². The smallest absolute Gasteiger partial charge is 0.648 e. The van der Waals surface area contributed by atoms with Gasteiger partial charge < -0.3 is 14.8 Å². The van der Waals surface area contributed by atoms with Gasteiger partial charge in [-0.1, -0.05) is 62.9 Å². The molecule has 1 amide bonds. The number of ketones is 2. The molecule has 1 fully saturated rings. The van der Waals surface area contributed by atoms with Crippen molar-refractivity contribution in [1.29, 1.82) is 0 Å². The Bertz CT molecular complexity index is 672. The van der Waals surface area contributed by atoms with Crippen LogP contribution in [0.5, 0.6) is 0 Å². The third kappa shape index (κ3) is 10.9. The van der Waals surface area contributed by atoms with Gasteiger partial charge in [-0.15, -0.1) is 6.54 Å². The molecule has 0 aliphatic heterocycles. The Balaban J connectivity index is 0.00000450. The van der Waals surface area contributed by atoms with Gasteiger partial charge in [0.05, 0.1) is 18.4 Å². The van der Waals surface area contributed by atoms with E-state index in [2.05, 4.69) is 19.2 Å². The molecule has 5 nitrogen and oxygen atoms in total. The normalized spacial score (nSPS) is 16.2. The molecule has 1 aliphatic carbocycles. The van der Waals surface area contributed by atoms with Crippen molar-refractivity contribution in [3.8, 4) is 0 Å². The molecule has 160 valence electrons. The second kappa shape index (κ2) is 15.6. The molecule has 1 aliphatic rings. The van der Waals surface area contributed by atoms with Crippen LogP contribution in [0.25, 0.3) is 5.32 Å². The Morgan fingerprint density at radius 3 is 2.47 bits per heavy atom. The predicted octanol–water partition coefficient (Wildman–Crippen LogP) is 1.80. The van der Waals surface area contributed by atoms with Crippen molar-refractivity contribution in [1.82, 2.24) is 0 Å². The molecule has 0 saturated heterocycles. The molecule has 0 N–H and O–H groups in total. The van der Waals surface area contributed by atoms with Gasteiger partial charge in [0, 0.05) is 19.4 Å². The molecule has 1 saturated carbocycles. The number of hydrogen-bond donors (Lipinski definition) is 0. The molecule has 0 bridgehead atoms. The summed E-state index contributed by atoms with van der Waals surface area (Å²) in [4.78, 5) is 36.1. The third-order valence-electron chi connectivity index (χ3n) is 5.33. The van der Waals surface area contributed by atoms with E-state index in [9.17, 15) is 14.4 Å². The quantitative estimate of drug-likeness (QED) is 0.334. The Labute approximate surface area is 229 Å². The summed E-state index contributed by atoms with van der Waals surface area (Å²) in [5.41, 5.74) is 1.81. The molecule has 30 heavy (non-hydrogen) atoms. The fourth-order valence-electron chi connectivity index (χ4n) is 3.55. The number of ether oxygens (including phenoxy) is 1. The van der Waals surface area contributed by atoms with E-state index in [0.717, 1.165) is 36.8 Å². The summed E-state index contributed by atoms with van der Waals surface area (Å²) in [6.45, 7) is 5.34. The van der Waals surface area contributed by atoms with Gasteiger partial charge in [0.2, 0.25) is 0 Å². The summed E-state index contributed by atoms with van der Waals surface area (Å²) in [6.07, 6.45) is 6.65. The van der Waals surface area contributed by atoms with Gasteiger partial charge in [-0.3, -0.25) is 9.59 Å². The van der Waals surface area contributed by atoms with Gasteiger partial charge in [0.15, 0.2) is 0 Å². The molecule has 0 aromatic heterocycles. The summed E-state index contributed by atoms with van der Waals surface area (Å²) >= 11 is 0. The molecular formula is C24H34NO4Rb. The second-order valence-corrected chi connectivity index (χ2v) is 8.38. The van der Waals surface area contributed by atoms with E-state index < -0.39 is 5.92 Å². The SMILES string of the molecule is CC(C)CCCCOCC(=O)[N-]Cc1ccc(CC(=O)C2CCCCC2=O)cc1.[Rb+]. The fraction of sp³-hybridized carbons (Fsp3) is 0.625. The van der Waals surface area contributed by atoms with Crippen molar-refractivity contribution >= 4 is 17.5 Å². The standard InChI is InChI=1S/C24H35NO4.Rb/c1-18(2)7-5-6-14-29-17-24(28)25-16-20-12-10-19(11-13-20)15-23(27)21-8-3-4-9-22(21)26;/h10-13,18,21H,3-9,14-17H2,1-2H3,(H,25,28);/q;+1/p-1. The maximum absolute atomic E-state index is 12.4. The van der Waals surface area contributed by atoms with Crippen LogP contribution >= 0.6 is 0 Å². The zero-order valence-electron chi connectivity index (χ0n) is 18.8. The number of carbonyl (C=O) groups excluding carboxylic acids is 3. The maximum atomic E-state index is 12.4. The van der Waals surface area contributed by atoms with E-state index in [1.165, 1.54) is 6.42 Å². The number of Topliss-reactive ketones (excluding diaryl/α,β-unsaturated/α-hetero) is 2. The van der Waals surface area contributed by atoms with Crippen LogP contribution in [-0.4, -0.2) is 30.7 Å². The first-order chi connectivity index (χ1) is 14.0. The number of hydrogen-bond acceptors (Lipinski definition) is 4. The van der Waals surface area contributed by atoms with E-state index in [1.807, 2.05) is 24.3 Å². The van der Waals surface area contributed by atoms with Crippen molar-refractivity contribution in [3.63, 3.8) is 0 Å². The molecule has 1 unspecified atom stereocenters. The number of nitrogens with zero attached hydrogens (tertiary/aromatic N) is 1. The van der Waals surface area contributed by atoms with Crippen molar-refractivity contribution in [3.05, 3.63) is 40.7 Å². The van der Waals surface area contributed by atoms with Crippen LogP contribution in [0.1, 0.15) is 69.9 Å². The molecule has 1 atom stereocenters. The van der Waals surface area contributed by atoms with E-state index >= 15 is 0 Å². The Morgan fingerprint density at radius 2 is 1.80 bits per heavy atom. The van der Waals surface area contributed by atoms with Crippen LogP contribution in [0.3, 0.4) is 0 Å². The monoisotopic (exact) mass is 485 g/mol. The van der Waals surface area contributed by atoms with Crippen LogP contribution in [0.15, 0.2) is 24.3 Å². The number of amides is 1. The average molecular weight is 486 g/mol. The van der Waals surface area contributed by atoms with E-state index in [1.54, 1.807) is 0 Å². The molecule has 0 spiro atoms. The van der Waals surface area contributed by atoms with E-state index in [4.69, 9.17) is 4.74 Å². The summed E-state index contributed by atoms with van der Waals surface area (Å²) in [7, 11) is 0. The number of carbonyl (C=O) groups is 3. The summed E-state index contributed by atoms with van der Waals surface area (Å²) in [5.74, 6) is 0.154. The second-order valence-electron chi connectivity index (χ2n) is 8.38. The van der Waals surface area contributed by atoms with Crippen LogP contribution in [-0.2, 0) is 32.1 Å². The molecular weight excluding hydrogens is 452 g/mol. The van der Waals surface area contributed by atoms with Crippen LogP contribution in [0.2, 0.25) is 0 Å². The zero-order valence-corrected chi connectivity index (χ0v) is 23.7. The molecule has 0 radical (unpaired) electrons. The Morgan fingerprint density at radius 1 is 1.10 bits per heavy atom. The van der Waals surface area contributed by atoms with Gasteiger partial charge in [-0.25, -0.2) is 0 Å². The van der Waals surface area contributed by atoms with E-state index in [-0.39, 0.29) is 88.7 Å². The topological polar surface area (TPSA) is 74.5 Å². The van der Waals surface area contributed by atoms with Crippen molar-refractivity contribution in [2.45, 2.75) is 71.8 Å². The minimum absolute atomic E-state index is 0. The first-order valence-electron chi connectivity index (χ1n) is 10.9. The van der Waals surface area contributed by atoms with Crippen molar-refractivity contribution in [2.75, 3.05) is 13.2 Å². The Hall–Kier alpha value is -0.205. The molecule has 1 aromatic carbocycles. The average Bonchev–Trinajstić information content (AvgIpc) is 2.70. The molecule has 1 aromatic rings. The number of benzene rings is 1. The molecule has 2 rings (SSSR count). The molecule has 6 heteroatoms. The van der Waals surface area contributed by atoms with Gasteiger partial charge in [0.1, 0.15) is 11.6 Å². The molecule has 0 heterocycles.